The molecule has 0 spiro atoms. The molecule has 1 rings (SSSR count). The predicted octanol–water partition coefficient (Wildman–Crippen LogP) is 1.07. The molecule has 0 radical (unpaired) electrons. The van der Waals surface area contributed by atoms with Crippen LogP contribution in [-0.4, -0.2) is 20.8 Å². The van der Waals surface area contributed by atoms with Gasteiger partial charge in [-0.1, -0.05) is 6.07 Å². The molecule has 1 atom stereocenters. The van der Waals surface area contributed by atoms with Crippen LogP contribution >= 0.6 is 0 Å². The molecule has 0 aliphatic heterocycles. The number of hydrogen-bond donors (Lipinski definition) is 1. The van der Waals surface area contributed by atoms with Crippen molar-refractivity contribution in [3.63, 3.8) is 0 Å². The largest absolute Gasteiger partial charge is 0.280 e. The lowest BCUT2D eigenvalue weighted by molar-refractivity contribution is 0.146. The van der Waals surface area contributed by atoms with Crippen LogP contribution in [0, 0.1) is 11.5 Å². The Morgan fingerprint density at radius 2 is 2.31 bits per heavy atom. The molecule has 4 nitrogen and oxygen atoms in total. The topological polar surface area (TPSA) is 65.8 Å². The van der Waals surface area contributed by atoms with Gasteiger partial charge in [0.1, 0.15) is 5.69 Å². The summed E-state index contributed by atoms with van der Waals surface area (Å²) in [7, 11) is -2.63. The van der Waals surface area contributed by atoms with Gasteiger partial charge < -0.3 is 0 Å². The number of pyridine rings is 1. The van der Waals surface area contributed by atoms with E-state index < -0.39 is 16.1 Å². The molecule has 1 unspecified atom stereocenters. The third kappa shape index (κ3) is 3.47. The lowest BCUT2D eigenvalue weighted by atomic mass is 10.3. The molecule has 7 heteroatoms. The summed E-state index contributed by atoms with van der Waals surface area (Å²) in [5.41, 5.74) is 0.0765. The van der Waals surface area contributed by atoms with Gasteiger partial charge in [0.05, 0.1) is 9.71 Å². The zero-order chi connectivity index (χ0) is 12.2. The minimum Gasteiger partial charge on any atom is -0.255 e. The number of nitrogens with zero attached hydrogens (tertiary/aromatic N) is 2. The van der Waals surface area contributed by atoms with Gasteiger partial charge in [0.25, 0.3) is 6.43 Å². The fourth-order valence-electron chi connectivity index (χ4n) is 0.995. The van der Waals surface area contributed by atoms with Crippen LogP contribution in [0.3, 0.4) is 0 Å². The molecule has 0 bridgehead atoms. The van der Waals surface area contributed by atoms with Gasteiger partial charge >= 0.3 is 0 Å². The first kappa shape index (κ1) is 12.4. The summed E-state index contributed by atoms with van der Waals surface area (Å²) in [5, 5.41) is 9.60. The second-order valence-electron chi connectivity index (χ2n) is 3.05. The van der Waals surface area contributed by atoms with E-state index in [1.165, 1.54) is 23.9 Å². The maximum atomic E-state index is 12.2. The van der Waals surface area contributed by atoms with Crippen molar-refractivity contribution >= 4 is 15.1 Å². The Labute approximate surface area is 92.1 Å². The Morgan fingerprint density at radius 3 is 2.75 bits per heavy atom. The second-order valence-corrected chi connectivity index (χ2v) is 5.30. The minimum absolute atomic E-state index is 0.340. The zero-order valence-electron chi connectivity index (χ0n) is 8.35. The van der Waals surface area contributed by atoms with Gasteiger partial charge in [-0.05, 0) is 6.07 Å². The molecule has 1 aromatic rings. The molecule has 0 aliphatic rings. The monoisotopic (exact) mass is 245 g/mol. The van der Waals surface area contributed by atoms with E-state index >= 15 is 0 Å². The number of hydrogen-bond acceptors (Lipinski definition) is 3. The number of nitriles is 1. The van der Waals surface area contributed by atoms with E-state index in [-0.39, 0.29) is 5.69 Å². The Kier molecular flexibility index (Phi) is 3.79. The quantitative estimate of drug-likeness (QED) is 0.492. The van der Waals surface area contributed by atoms with Crippen LogP contribution in [0.15, 0.2) is 18.3 Å². The van der Waals surface area contributed by atoms with Gasteiger partial charge in [0.2, 0.25) is 0 Å². The summed E-state index contributed by atoms with van der Waals surface area (Å²) in [6, 6.07) is 2.52. The van der Waals surface area contributed by atoms with Crippen LogP contribution in [0.2, 0.25) is 0 Å². The molecular formula is C9H9F2N3OS. The lowest BCUT2D eigenvalue weighted by Crippen LogP contribution is -2.18. The molecule has 0 saturated heterocycles. The van der Waals surface area contributed by atoms with Crippen molar-refractivity contribution in [2.75, 3.05) is 6.26 Å². The van der Waals surface area contributed by atoms with Crippen LogP contribution in [0.25, 0.3) is 0 Å². The Bertz CT molecular complexity index is 513. The fraction of sp³-hybridized carbons (Fsp3) is 0.222. The second kappa shape index (κ2) is 4.90. The van der Waals surface area contributed by atoms with Crippen molar-refractivity contribution in [3.8, 4) is 6.19 Å². The Balaban J connectivity index is 3.01. The van der Waals surface area contributed by atoms with Crippen molar-refractivity contribution in [2.24, 2.45) is 0 Å². The highest BCUT2D eigenvalue weighted by atomic mass is 32.2. The van der Waals surface area contributed by atoms with Crippen LogP contribution in [-0.2, 0) is 9.71 Å². The number of aromatic nitrogens is 1. The molecule has 0 aromatic carbocycles. The van der Waals surface area contributed by atoms with Crippen molar-refractivity contribution < 1.29 is 13.0 Å². The van der Waals surface area contributed by atoms with E-state index in [1.54, 1.807) is 6.19 Å². The summed E-state index contributed by atoms with van der Waals surface area (Å²) in [5.74, 6) is 0. The third-order valence-electron chi connectivity index (χ3n) is 1.64. The first-order valence-electron chi connectivity index (χ1n) is 4.18. The van der Waals surface area contributed by atoms with Gasteiger partial charge in [-0.25, -0.2) is 17.7 Å². The fourth-order valence-corrected chi connectivity index (χ4v) is 1.89. The van der Waals surface area contributed by atoms with E-state index in [2.05, 4.69) is 9.71 Å². The summed E-state index contributed by atoms with van der Waals surface area (Å²) in [6.45, 7) is 0. The molecule has 0 saturated carbocycles. The third-order valence-corrected chi connectivity index (χ3v) is 2.86. The Morgan fingerprint density at radius 1 is 1.62 bits per heavy atom. The summed E-state index contributed by atoms with van der Waals surface area (Å²) >= 11 is 0. The molecule has 1 aromatic heterocycles. The van der Waals surface area contributed by atoms with Crippen molar-refractivity contribution in [1.29, 1.82) is 5.26 Å². The summed E-state index contributed by atoms with van der Waals surface area (Å²) in [6.07, 6.45) is 1.45. The number of alkyl halides is 2. The average Bonchev–Trinajstić information content (AvgIpc) is 2.17. The highest BCUT2D eigenvalue weighted by Crippen LogP contribution is 2.15. The summed E-state index contributed by atoms with van der Waals surface area (Å²) < 4.78 is 38.1. The summed E-state index contributed by atoms with van der Waals surface area (Å²) in [4.78, 5) is 3.50. The standard InChI is InChI=1S/C9H9F2N3OS/c1-16(15,14-6-12)5-7-2-3-8(9(10)11)13-4-7/h2-5,9H,1H3,(H,14,15). The van der Waals surface area contributed by atoms with Gasteiger partial charge in [-0.15, -0.1) is 0 Å². The van der Waals surface area contributed by atoms with Crippen molar-refractivity contribution in [3.05, 3.63) is 29.6 Å². The van der Waals surface area contributed by atoms with Crippen LogP contribution in [0.1, 0.15) is 17.7 Å². The highest BCUT2D eigenvalue weighted by molar-refractivity contribution is 7.99. The lowest BCUT2D eigenvalue weighted by Gasteiger charge is -2.02. The van der Waals surface area contributed by atoms with Gasteiger partial charge in [-0.2, -0.15) is 5.26 Å². The van der Waals surface area contributed by atoms with Gasteiger partial charge in [0, 0.05) is 23.4 Å². The van der Waals surface area contributed by atoms with E-state index in [4.69, 9.17) is 5.26 Å². The molecule has 0 fully saturated rings. The van der Waals surface area contributed by atoms with Gasteiger partial charge in [-0.3, -0.25) is 4.98 Å². The zero-order valence-corrected chi connectivity index (χ0v) is 9.17. The highest BCUT2D eigenvalue weighted by Gasteiger charge is 2.07. The predicted molar refractivity (Wildman–Crippen MR) is 57.2 cm³/mol. The molecule has 0 aliphatic carbocycles. The first-order valence-corrected chi connectivity index (χ1v) is 6.21. The number of halogens is 2. The van der Waals surface area contributed by atoms with Crippen LogP contribution in [0.5, 0.6) is 0 Å². The maximum absolute atomic E-state index is 12.2. The van der Waals surface area contributed by atoms with Crippen molar-refractivity contribution in [2.45, 2.75) is 6.43 Å². The van der Waals surface area contributed by atoms with E-state index in [1.807, 2.05) is 0 Å². The molecule has 86 valence electrons. The minimum atomic E-state index is -2.63. The molecule has 1 N–H and O–H groups in total. The smallest absolute Gasteiger partial charge is 0.255 e. The average molecular weight is 245 g/mol. The first-order chi connectivity index (χ1) is 7.44. The molecule has 16 heavy (non-hydrogen) atoms. The molecule has 0 amide bonds. The van der Waals surface area contributed by atoms with Gasteiger partial charge in [0.15, 0.2) is 6.19 Å². The number of rotatable bonds is 3. The van der Waals surface area contributed by atoms with E-state index in [0.29, 0.717) is 5.56 Å². The van der Waals surface area contributed by atoms with Crippen LogP contribution in [0.4, 0.5) is 8.78 Å². The molecule has 1 heterocycles. The van der Waals surface area contributed by atoms with Crippen LogP contribution < -0.4 is 4.72 Å². The van der Waals surface area contributed by atoms with E-state index in [0.717, 1.165) is 6.07 Å². The Hall–Kier alpha value is -1.68. The molecular weight excluding hydrogens is 236 g/mol. The number of nitrogens with one attached hydrogen (secondary N) is 1. The van der Waals surface area contributed by atoms with Crippen molar-refractivity contribution in [1.82, 2.24) is 9.71 Å². The SMILES string of the molecule is CS(=O)(=Cc1ccc(C(F)F)nc1)NC#N. The maximum Gasteiger partial charge on any atom is 0.280 e. The van der Waals surface area contributed by atoms with E-state index in [9.17, 15) is 13.0 Å². The normalized spacial score (nSPS) is 13.9.